The molecule has 1 amide bonds. The summed E-state index contributed by atoms with van der Waals surface area (Å²) in [6.07, 6.45) is 4.13. The van der Waals surface area contributed by atoms with Crippen LogP contribution in [0, 0.1) is 0 Å². The molecule has 0 spiro atoms. The summed E-state index contributed by atoms with van der Waals surface area (Å²) < 4.78 is 19.0. The van der Waals surface area contributed by atoms with E-state index in [0.717, 1.165) is 43.9 Å². The highest BCUT2D eigenvalue weighted by molar-refractivity contribution is 5.92. The molecule has 0 N–H and O–H groups in total. The summed E-state index contributed by atoms with van der Waals surface area (Å²) in [6, 6.07) is 9.45. The van der Waals surface area contributed by atoms with Gasteiger partial charge in [0.05, 0.1) is 12.1 Å². The van der Waals surface area contributed by atoms with Gasteiger partial charge in [0, 0.05) is 44.8 Å². The predicted octanol–water partition coefficient (Wildman–Crippen LogP) is 3.14. The molecule has 1 atom stereocenters. The highest BCUT2D eigenvalue weighted by atomic mass is 16.5. The Morgan fingerprint density at radius 2 is 2.03 bits per heavy atom. The van der Waals surface area contributed by atoms with Crippen molar-refractivity contribution in [3.8, 4) is 17.2 Å². The number of aryl methyl sites for hydroxylation is 1. The molecule has 9 heteroatoms. The van der Waals surface area contributed by atoms with Gasteiger partial charge in [0.15, 0.2) is 5.82 Å². The van der Waals surface area contributed by atoms with E-state index in [9.17, 15) is 4.79 Å². The Balaban J connectivity index is 1.28. The van der Waals surface area contributed by atoms with Crippen LogP contribution in [-0.2, 0) is 11.3 Å². The summed E-state index contributed by atoms with van der Waals surface area (Å²) in [4.78, 5) is 19.4. The molecule has 3 aromatic rings. The molecule has 2 aliphatic rings. The summed E-state index contributed by atoms with van der Waals surface area (Å²) >= 11 is 0. The van der Waals surface area contributed by atoms with E-state index in [1.807, 2.05) is 36.1 Å². The molecule has 4 heterocycles. The zero-order chi connectivity index (χ0) is 21.9. The number of hydrogen-bond acceptors (Lipinski definition) is 7. The minimum atomic E-state index is -0.101. The second kappa shape index (κ2) is 9.12. The van der Waals surface area contributed by atoms with E-state index in [0.29, 0.717) is 37.0 Å². The minimum absolute atomic E-state index is 0.0123. The number of nitrogens with zero attached hydrogens (tertiary/aromatic N) is 5. The summed E-state index contributed by atoms with van der Waals surface area (Å²) in [5.74, 6) is 2.12. The first-order valence-corrected chi connectivity index (χ1v) is 11.2. The lowest BCUT2D eigenvalue weighted by atomic mass is 10.00. The normalized spacial score (nSPS) is 19.4. The number of carbonyl (C=O) groups excluding carboxylic acids is 1. The molecular weight excluding hydrogens is 410 g/mol. The van der Waals surface area contributed by atoms with Gasteiger partial charge in [-0.15, -0.1) is 0 Å². The molecule has 5 rings (SSSR count). The molecule has 2 fully saturated rings. The molecule has 168 valence electrons. The lowest BCUT2D eigenvalue weighted by Crippen LogP contribution is -2.32. The van der Waals surface area contributed by atoms with E-state index in [4.69, 9.17) is 14.0 Å². The van der Waals surface area contributed by atoms with Gasteiger partial charge < -0.3 is 18.9 Å². The van der Waals surface area contributed by atoms with E-state index < -0.39 is 0 Å². The zero-order valence-electron chi connectivity index (χ0n) is 18.1. The number of ether oxygens (including phenoxy) is 2. The van der Waals surface area contributed by atoms with Gasteiger partial charge in [-0.05, 0) is 38.0 Å². The van der Waals surface area contributed by atoms with E-state index in [1.54, 1.807) is 16.9 Å². The summed E-state index contributed by atoms with van der Waals surface area (Å²) in [7, 11) is 0. The average Bonchev–Trinajstić information content (AvgIpc) is 3.60. The number of hydrogen-bond donors (Lipinski definition) is 0. The highest BCUT2D eigenvalue weighted by Gasteiger charge is 2.31. The first kappa shape index (κ1) is 20.7. The first-order chi connectivity index (χ1) is 15.7. The second-order valence-electron chi connectivity index (χ2n) is 8.15. The van der Waals surface area contributed by atoms with Crippen molar-refractivity contribution in [1.29, 1.82) is 0 Å². The van der Waals surface area contributed by atoms with Crippen molar-refractivity contribution >= 4 is 5.91 Å². The van der Waals surface area contributed by atoms with Gasteiger partial charge in [-0.3, -0.25) is 9.48 Å². The van der Waals surface area contributed by atoms with Crippen molar-refractivity contribution in [1.82, 2.24) is 24.8 Å². The molecule has 32 heavy (non-hydrogen) atoms. The van der Waals surface area contributed by atoms with Crippen molar-refractivity contribution < 1.29 is 18.8 Å². The van der Waals surface area contributed by atoms with Gasteiger partial charge in [-0.2, -0.15) is 10.1 Å². The average molecular weight is 438 g/mol. The molecule has 0 radical (unpaired) electrons. The number of amides is 1. The number of rotatable bonds is 6. The van der Waals surface area contributed by atoms with Crippen molar-refractivity contribution in [2.75, 3.05) is 26.3 Å². The number of benzene rings is 1. The van der Waals surface area contributed by atoms with Crippen molar-refractivity contribution in [2.45, 2.75) is 44.8 Å². The maximum Gasteiger partial charge on any atom is 0.272 e. The SMILES string of the molecule is CCn1nccc1C(=O)N1CCC(Oc2ccccc2-c2nc(C3CCOCC3)no2)C1. The maximum atomic E-state index is 12.9. The van der Waals surface area contributed by atoms with Crippen LogP contribution in [0.4, 0.5) is 0 Å². The summed E-state index contributed by atoms with van der Waals surface area (Å²) in [6.45, 7) is 5.26. The molecule has 2 aromatic heterocycles. The quantitative estimate of drug-likeness (QED) is 0.585. The Morgan fingerprint density at radius 1 is 1.19 bits per heavy atom. The molecular formula is C23H27N5O4. The van der Waals surface area contributed by atoms with Crippen LogP contribution in [0.25, 0.3) is 11.5 Å². The molecule has 0 aliphatic carbocycles. The molecule has 0 bridgehead atoms. The van der Waals surface area contributed by atoms with Crippen molar-refractivity contribution in [3.63, 3.8) is 0 Å². The van der Waals surface area contributed by atoms with E-state index in [2.05, 4.69) is 15.2 Å². The van der Waals surface area contributed by atoms with E-state index in [1.165, 1.54) is 0 Å². The Kier molecular flexibility index (Phi) is 5.89. The van der Waals surface area contributed by atoms with Gasteiger partial charge in [0.1, 0.15) is 17.5 Å². The lowest BCUT2D eigenvalue weighted by Gasteiger charge is -2.18. The Hall–Kier alpha value is -3.20. The van der Waals surface area contributed by atoms with Gasteiger partial charge in [-0.1, -0.05) is 17.3 Å². The largest absolute Gasteiger partial charge is 0.488 e. The molecule has 2 saturated heterocycles. The van der Waals surface area contributed by atoms with Crippen molar-refractivity contribution in [2.24, 2.45) is 0 Å². The fourth-order valence-electron chi connectivity index (χ4n) is 4.33. The highest BCUT2D eigenvalue weighted by Crippen LogP contribution is 2.33. The van der Waals surface area contributed by atoms with Gasteiger partial charge >= 0.3 is 0 Å². The number of aromatic nitrogens is 4. The third-order valence-corrected chi connectivity index (χ3v) is 6.11. The Morgan fingerprint density at radius 3 is 2.88 bits per heavy atom. The zero-order valence-corrected chi connectivity index (χ0v) is 18.1. The monoisotopic (exact) mass is 437 g/mol. The topological polar surface area (TPSA) is 95.5 Å². The standard InChI is InChI=1S/C23H27N5O4/c1-2-28-19(7-11-24-28)23(29)27-12-8-17(15-27)31-20-6-4-3-5-18(20)22-25-21(26-32-22)16-9-13-30-14-10-16/h3-7,11,16-17H,2,8-10,12-15H2,1H3. The summed E-state index contributed by atoms with van der Waals surface area (Å²) in [5, 5.41) is 8.41. The smallest absolute Gasteiger partial charge is 0.272 e. The van der Waals surface area contributed by atoms with Gasteiger partial charge in [-0.25, -0.2) is 0 Å². The van der Waals surface area contributed by atoms with Gasteiger partial charge in [0.25, 0.3) is 11.8 Å². The maximum absolute atomic E-state index is 12.9. The summed E-state index contributed by atoms with van der Waals surface area (Å²) in [5.41, 5.74) is 1.38. The lowest BCUT2D eigenvalue weighted by molar-refractivity contribution is 0.0760. The molecule has 0 saturated carbocycles. The van der Waals surface area contributed by atoms with Crippen LogP contribution in [0.2, 0.25) is 0 Å². The number of carbonyl (C=O) groups is 1. The van der Waals surface area contributed by atoms with Gasteiger partial charge in [0.2, 0.25) is 0 Å². The molecule has 1 aromatic carbocycles. The number of para-hydroxylation sites is 1. The van der Waals surface area contributed by atoms with E-state index in [-0.39, 0.29) is 17.9 Å². The fourth-order valence-corrected chi connectivity index (χ4v) is 4.33. The van der Waals surface area contributed by atoms with Crippen molar-refractivity contribution in [3.05, 3.63) is 48.0 Å². The van der Waals surface area contributed by atoms with Crippen LogP contribution in [0.15, 0.2) is 41.1 Å². The van der Waals surface area contributed by atoms with Crippen LogP contribution in [-0.4, -0.2) is 63.1 Å². The molecule has 1 unspecified atom stereocenters. The molecule has 2 aliphatic heterocycles. The Bertz CT molecular complexity index is 1070. The molecule has 9 nitrogen and oxygen atoms in total. The minimum Gasteiger partial charge on any atom is -0.488 e. The number of likely N-dealkylation sites (tertiary alicyclic amines) is 1. The van der Waals surface area contributed by atoms with Crippen LogP contribution >= 0.6 is 0 Å². The van der Waals surface area contributed by atoms with Crippen LogP contribution in [0.1, 0.15) is 48.4 Å². The van der Waals surface area contributed by atoms with E-state index >= 15 is 0 Å². The predicted molar refractivity (Wildman–Crippen MR) is 115 cm³/mol. The first-order valence-electron chi connectivity index (χ1n) is 11.2. The Labute approximate surface area is 186 Å². The third-order valence-electron chi connectivity index (χ3n) is 6.11. The van der Waals surface area contributed by atoms with Crippen LogP contribution < -0.4 is 4.74 Å². The fraction of sp³-hybridized carbons (Fsp3) is 0.478. The van der Waals surface area contributed by atoms with Crippen LogP contribution in [0.5, 0.6) is 5.75 Å². The van der Waals surface area contributed by atoms with Crippen LogP contribution in [0.3, 0.4) is 0 Å². The third kappa shape index (κ3) is 4.12. The second-order valence-corrected chi connectivity index (χ2v) is 8.15.